The molecule has 5 heteroatoms. The molecular weight excluding hydrogens is 344 g/mol. The van der Waals surface area contributed by atoms with Crippen LogP contribution in [0.1, 0.15) is 31.1 Å². The van der Waals surface area contributed by atoms with Crippen molar-refractivity contribution >= 4 is 17.5 Å². The molecule has 1 N–H and O–H groups in total. The van der Waals surface area contributed by atoms with Crippen molar-refractivity contribution in [3.63, 3.8) is 0 Å². The van der Waals surface area contributed by atoms with Crippen molar-refractivity contribution in [2.75, 3.05) is 0 Å². The Morgan fingerprint density at radius 1 is 0.630 bits per heavy atom. The van der Waals surface area contributed by atoms with E-state index in [2.05, 4.69) is 0 Å². The van der Waals surface area contributed by atoms with Crippen LogP contribution < -0.4 is 4.74 Å². The van der Waals surface area contributed by atoms with E-state index in [4.69, 9.17) is 9.84 Å². The van der Waals surface area contributed by atoms with E-state index in [1.807, 2.05) is 0 Å². The second kappa shape index (κ2) is 8.10. The largest absolute Gasteiger partial charge is 0.478 e. The second-order valence-corrected chi connectivity index (χ2v) is 5.79. The quantitative estimate of drug-likeness (QED) is 0.510. The average Bonchev–Trinajstić information content (AvgIpc) is 2.72. The molecule has 27 heavy (non-hydrogen) atoms. The van der Waals surface area contributed by atoms with Crippen LogP contribution in [0.3, 0.4) is 0 Å². The molecule has 3 rings (SSSR count). The molecular formula is C22H16O5. The normalized spacial score (nSPS) is 10.4. The van der Waals surface area contributed by atoms with Crippen LogP contribution in [0.25, 0.3) is 0 Å². The van der Waals surface area contributed by atoms with E-state index in [1.165, 1.54) is 24.3 Å². The van der Waals surface area contributed by atoms with Gasteiger partial charge in [-0.15, -0.1) is 0 Å². The van der Waals surface area contributed by atoms with Crippen LogP contribution in [0.15, 0.2) is 84.9 Å². The zero-order valence-corrected chi connectivity index (χ0v) is 14.2. The Bertz CT molecular complexity index is 896. The molecule has 0 atom stereocenters. The van der Waals surface area contributed by atoms with Crippen LogP contribution in [-0.4, -0.2) is 28.7 Å². The molecule has 0 radical (unpaired) electrons. The molecule has 0 fully saturated rings. The van der Waals surface area contributed by atoms with Gasteiger partial charge in [-0.3, -0.25) is 9.59 Å². The van der Waals surface area contributed by atoms with Gasteiger partial charge in [-0.1, -0.05) is 60.7 Å². The third kappa shape index (κ3) is 4.27. The lowest BCUT2D eigenvalue weighted by atomic mass is 9.98. The molecule has 134 valence electrons. The van der Waals surface area contributed by atoms with Crippen LogP contribution in [0.5, 0.6) is 5.75 Å². The first kappa shape index (κ1) is 18.1. The third-order valence-electron chi connectivity index (χ3n) is 3.95. The number of ketones is 2. The van der Waals surface area contributed by atoms with E-state index < -0.39 is 23.6 Å². The van der Waals surface area contributed by atoms with Crippen LogP contribution >= 0.6 is 0 Å². The Morgan fingerprint density at radius 2 is 1.07 bits per heavy atom. The van der Waals surface area contributed by atoms with Crippen molar-refractivity contribution in [1.82, 2.24) is 0 Å². The fourth-order valence-electron chi connectivity index (χ4n) is 2.55. The first-order chi connectivity index (χ1) is 13.1. The molecule has 0 saturated heterocycles. The summed E-state index contributed by atoms with van der Waals surface area (Å²) >= 11 is 0. The zero-order valence-electron chi connectivity index (χ0n) is 14.2. The molecule has 0 bridgehead atoms. The van der Waals surface area contributed by atoms with Gasteiger partial charge in [0.15, 0.2) is 0 Å². The summed E-state index contributed by atoms with van der Waals surface area (Å²) in [5, 5.41) is 8.98. The van der Waals surface area contributed by atoms with Crippen LogP contribution in [0.4, 0.5) is 0 Å². The van der Waals surface area contributed by atoms with E-state index in [-0.39, 0.29) is 11.3 Å². The molecule has 3 aromatic carbocycles. The number of benzene rings is 3. The highest BCUT2D eigenvalue weighted by Gasteiger charge is 2.30. The molecule has 0 saturated carbocycles. The molecule has 0 aromatic heterocycles. The van der Waals surface area contributed by atoms with Gasteiger partial charge in [-0.2, -0.15) is 0 Å². The summed E-state index contributed by atoms with van der Waals surface area (Å²) in [7, 11) is 0. The number of carboxylic acids is 1. The van der Waals surface area contributed by atoms with Gasteiger partial charge in [0.25, 0.3) is 0 Å². The number of carbonyl (C=O) groups is 3. The predicted molar refractivity (Wildman–Crippen MR) is 99.4 cm³/mol. The van der Waals surface area contributed by atoms with E-state index >= 15 is 0 Å². The van der Waals surface area contributed by atoms with Gasteiger partial charge in [0.2, 0.25) is 17.7 Å². The fourth-order valence-corrected chi connectivity index (χ4v) is 2.55. The summed E-state index contributed by atoms with van der Waals surface area (Å²) in [6, 6.07) is 22.4. The third-order valence-corrected chi connectivity index (χ3v) is 3.95. The highest BCUT2D eigenvalue weighted by Crippen LogP contribution is 2.19. The van der Waals surface area contributed by atoms with Crippen LogP contribution in [0, 0.1) is 0 Å². The van der Waals surface area contributed by atoms with Crippen LogP contribution in [-0.2, 0) is 0 Å². The Labute approximate surface area is 155 Å². The minimum atomic E-state index is -1.37. The predicted octanol–water partition coefficient (Wildman–Crippen LogP) is 3.90. The van der Waals surface area contributed by atoms with Crippen molar-refractivity contribution in [2.24, 2.45) is 0 Å². The number of hydrogen-bond acceptors (Lipinski definition) is 4. The average molecular weight is 360 g/mol. The Kier molecular flexibility index (Phi) is 5.42. The fraction of sp³-hybridized carbons (Fsp3) is 0.0455. The molecule has 0 aliphatic heterocycles. The maximum absolute atomic E-state index is 12.9. The Morgan fingerprint density at radius 3 is 1.48 bits per heavy atom. The Hall–Kier alpha value is -3.73. The summed E-state index contributed by atoms with van der Waals surface area (Å²) in [6.45, 7) is 0. The van der Waals surface area contributed by atoms with Gasteiger partial charge in [-0.25, -0.2) is 4.79 Å². The number of hydrogen-bond donors (Lipinski definition) is 1. The summed E-state index contributed by atoms with van der Waals surface area (Å²) in [4.78, 5) is 36.8. The van der Waals surface area contributed by atoms with Gasteiger partial charge in [0, 0.05) is 11.1 Å². The number of rotatable bonds is 7. The van der Waals surface area contributed by atoms with Crippen molar-refractivity contribution in [3.05, 3.63) is 102 Å². The number of carboxylic acid groups (broad SMARTS) is 1. The second-order valence-electron chi connectivity index (χ2n) is 5.79. The summed E-state index contributed by atoms with van der Waals surface area (Å²) in [6.07, 6.45) is -1.37. The highest BCUT2D eigenvalue weighted by molar-refractivity contribution is 6.18. The van der Waals surface area contributed by atoms with Crippen molar-refractivity contribution in [3.8, 4) is 5.75 Å². The topological polar surface area (TPSA) is 80.7 Å². The Balaban J connectivity index is 1.93. The number of aromatic carboxylic acids is 1. The molecule has 0 aliphatic rings. The van der Waals surface area contributed by atoms with Gasteiger partial charge in [0.1, 0.15) is 5.75 Å². The standard InChI is InChI=1S/C22H16O5/c23-19(15-7-3-1-4-8-15)21(20(24)16-9-5-2-6-10-16)27-18-13-11-17(12-14-18)22(25)26/h1-14,21H,(H,25,26). The summed E-state index contributed by atoms with van der Waals surface area (Å²) in [5.41, 5.74) is 0.797. The molecule has 0 amide bonds. The van der Waals surface area contributed by atoms with Crippen molar-refractivity contribution in [1.29, 1.82) is 0 Å². The number of ether oxygens (including phenoxy) is 1. The minimum absolute atomic E-state index is 0.0858. The van der Waals surface area contributed by atoms with E-state index in [1.54, 1.807) is 60.7 Å². The lowest BCUT2D eigenvalue weighted by molar-refractivity contribution is 0.0662. The lowest BCUT2D eigenvalue weighted by Gasteiger charge is -2.17. The van der Waals surface area contributed by atoms with Crippen molar-refractivity contribution < 1.29 is 24.2 Å². The molecule has 0 aliphatic carbocycles. The molecule has 3 aromatic rings. The first-order valence-corrected chi connectivity index (χ1v) is 8.25. The maximum atomic E-state index is 12.9. The monoisotopic (exact) mass is 360 g/mol. The number of carbonyl (C=O) groups excluding carboxylic acids is 2. The number of Topliss-reactive ketones (excluding diaryl/α,β-unsaturated/α-hetero) is 2. The van der Waals surface area contributed by atoms with E-state index in [9.17, 15) is 14.4 Å². The summed E-state index contributed by atoms with van der Waals surface area (Å²) < 4.78 is 5.69. The van der Waals surface area contributed by atoms with E-state index in [0.717, 1.165) is 0 Å². The lowest BCUT2D eigenvalue weighted by Crippen LogP contribution is -2.36. The van der Waals surface area contributed by atoms with Gasteiger partial charge < -0.3 is 9.84 Å². The van der Waals surface area contributed by atoms with Crippen molar-refractivity contribution in [2.45, 2.75) is 6.10 Å². The maximum Gasteiger partial charge on any atom is 0.335 e. The van der Waals surface area contributed by atoms with E-state index in [0.29, 0.717) is 11.1 Å². The van der Waals surface area contributed by atoms with Gasteiger partial charge >= 0.3 is 5.97 Å². The minimum Gasteiger partial charge on any atom is -0.478 e. The molecule has 5 nitrogen and oxygen atoms in total. The highest BCUT2D eigenvalue weighted by atomic mass is 16.5. The van der Waals surface area contributed by atoms with Gasteiger partial charge in [-0.05, 0) is 24.3 Å². The smallest absolute Gasteiger partial charge is 0.335 e. The van der Waals surface area contributed by atoms with Gasteiger partial charge in [0.05, 0.1) is 5.56 Å². The molecule has 0 spiro atoms. The SMILES string of the molecule is O=C(O)c1ccc(OC(C(=O)c2ccccc2)C(=O)c2ccccc2)cc1. The zero-order chi connectivity index (χ0) is 19.2. The summed E-state index contributed by atoms with van der Waals surface area (Å²) in [5.74, 6) is -1.77. The molecule has 0 unspecified atom stereocenters. The van der Waals surface area contributed by atoms with Crippen LogP contribution in [0.2, 0.25) is 0 Å². The first-order valence-electron chi connectivity index (χ1n) is 8.25. The molecule has 0 heterocycles.